The van der Waals surface area contributed by atoms with Crippen LogP contribution in [0.15, 0.2) is 0 Å². The van der Waals surface area contributed by atoms with Gasteiger partial charge < -0.3 is 5.32 Å². The highest BCUT2D eigenvalue weighted by Crippen LogP contribution is 2.26. The summed E-state index contributed by atoms with van der Waals surface area (Å²) in [5.41, 5.74) is 2.05. The third-order valence-corrected chi connectivity index (χ3v) is 3.96. The molecule has 0 aromatic carbocycles. The van der Waals surface area contributed by atoms with Gasteiger partial charge in [0.05, 0.1) is 0 Å². The molecule has 4 nitrogen and oxygen atoms in total. The molecule has 1 fully saturated rings. The van der Waals surface area contributed by atoms with Crippen molar-refractivity contribution in [2.24, 2.45) is 5.92 Å². The summed E-state index contributed by atoms with van der Waals surface area (Å²) in [4.78, 5) is 12.0. The van der Waals surface area contributed by atoms with E-state index in [1.807, 2.05) is 13.8 Å². The molecular formula is C14H23N3O. The Balaban J connectivity index is 1.86. The number of amides is 1. The highest BCUT2D eigenvalue weighted by atomic mass is 16.1. The fourth-order valence-electron chi connectivity index (χ4n) is 2.62. The predicted octanol–water partition coefficient (Wildman–Crippen LogP) is 3.33. The zero-order chi connectivity index (χ0) is 13.0. The summed E-state index contributed by atoms with van der Waals surface area (Å²) in [7, 11) is 0. The van der Waals surface area contributed by atoms with Gasteiger partial charge in [-0.15, -0.1) is 0 Å². The summed E-state index contributed by atoms with van der Waals surface area (Å²) in [6, 6.07) is 0. The Morgan fingerprint density at radius 1 is 1.28 bits per heavy atom. The highest BCUT2D eigenvalue weighted by molar-refractivity contribution is 5.90. The largest absolute Gasteiger partial charge is 0.309 e. The molecule has 1 heterocycles. The van der Waals surface area contributed by atoms with Crippen molar-refractivity contribution >= 4 is 11.7 Å². The molecule has 0 saturated heterocycles. The maximum atomic E-state index is 12.0. The molecule has 2 rings (SSSR count). The van der Waals surface area contributed by atoms with Crippen LogP contribution < -0.4 is 5.32 Å². The van der Waals surface area contributed by atoms with Gasteiger partial charge in [0.1, 0.15) is 0 Å². The molecule has 1 aromatic rings. The lowest BCUT2D eigenvalue weighted by atomic mass is 9.96. The number of hydrogen-bond acceptors (Lipinski definition) is 2. The van der Waals surface area contributed by atoms with E-state index in [-0.39, 0.29) is 5.91 Å². The van der Waals surface area contributed by atoms with E-state index in [9.17, 15) is 4.79 Å². The zero-order valence-corrected chi connectivity index (χ0v) is 11.4. The molecule has 4 heteroatoms. The lowest BCUT2D eigenvalue weighted by Gasteiger charge is -2.13. The fraction of sp³-hybridized carbons (Fsp3) is 0.714. The summed E-state index contributed by atoms with van der Waals surface area (Å²) >= 11 is 0. The second-order valence-electron chi connectivity index (χ2n) is 5.43. The maximum Gasteiger partial charge on any atom is 0.225 e. The van der Waals surface area contributed by atoms with Gasteiger partial charge in [-0.05, 0) is 32.6 Å². The van der Waals surface area contributed by atoms with Gasteiger partial charge in [-0.2, -0.15) is 5.10 Å². The molecule has 1 aliphatic rings. The molecule has 0 radical (unpaired) electrons. The number of aromatic nitrogens is 2. The third kappa shape index (κ3) is 3.34. The topological polar surface area (TPSA) is 57.8 Å². The van der Waals surface area contributed by atoms with Gasteiger partial charge in [-0.3, -0.25) is 9.89 Å². The monoisotopic (exact) mass is 249 g/mol. The normalized spacial score (nSPS) is 17.4. The Labute approximate surface area is 109 Å². The van der Waals surface area contributed by atoms with E-state index < -0.39 is 0 Å². The van der Waals surface area contributed by atoms with Crippen molar-refractivity contribution in [2.45, 2.75) is 58.8 Å². The van der Waals surface area contributed by atoms with Crippen molar-refractivity contribution in [3.05, 3.63) is 11.3 Å². The van der Waals surface area contributed by atoms with Crippen LogP contribution in [0.2, 0.25) is 0 Å². The summed E-state index contributed by atoms with van der Waals surface area (Å²) in [6.07, 6.45) is 8.26. The first-order valence-electron chi connectivity index (χ1n) is 6.98. The van der Waals surface area contributed by atoms with Crippen molar-refractivity contribution < 1.29 is 4.79 Å². The predicted molar refractivity (Wildman–Crippen MR) is 72.5 cm³/mol. The lowest BCUT2D eigenvalue weighted by molar-refractivity contribution is -0.117. The van der Waals surface area contributed by atoms with Gasteiger partial charge in [0.2, 0.25) is 5.91 Å². The summed E-state index contributed by atoms with van der Waals surface area (Å²) in [6.45, 7) is 3.93. The Kier molecular flexibility index (Phi) is 4.39. The number of H-pyrrole nitrogens is 1. The highest BCUT2D eigenvalue weighted by Gasteiger charge is 2.17. The minimum Gasteiger partial charge on any atom is -0.309 e. The van der Waals surface area contributed by atoms with Crippen LogP contribution in [0.4, 0.5) is 5.82 Å². The molecule has 0 spiro atoms. The fourth-order valence-corrected chi connectivity index (χ4v) is 2.62. The number of nitrogens with zero attached hydrogens (tertiary/aromatic N) is 1. The Hall–Kier alpha value is -1.32. The van der Waals surface area contributed by atoms with Gasteiger partial charge in [-0.1, -0.05) is 25.7 Å². The van der Waals surface area contributed by atoms with Crippen molar-refractivity contribution in [2.75, 3.05) is 5.32 Å². The molecule has 18 heavy (non-hydrogen) atoms. The number of nitrogens with one attached hydrogen (secondary N) is 2. The van der Waals surface area contributed by atoms with E-state index in [0.717, 1.165) is 11.3 Å². The summed E-state index contributed by atoms with van der Waals surface area (Å²) in [5, 5.41) is 9.92. The van der Waals surface area contributed by atoms with Crippen LogP contribution in [-0.4, -0.2) is 16.1 Å². The van der Waals surface area contributed by atoms with E-state index >= 15 is 0 Å². The van der Waals surface area contributed by atoms with Gasteiger partial charge in [0.15, 0.2) is 5.82 Å². The molecule has 0 bridgehead atoms. The molecule has 2 N–H and O–H groups in total. The second-order valence-corrected chi connectivity index (χ2v) is 5.43. The van der Waals surface area contributed by atoms with Gasteiger partial charge in [0.25, 0.3) is 0 Å². The van der Waals surface area contributed by atoms with Crippen LogP contribution >= 0.6 is 0 Å². The second kappa shape index (κ2) is 6.03. The van der Waals surface area contributed by atoms with Crippen LogP contribution in [0.5, 0.6) is 0 Å². The Morgan fingerprint density at radius 3 is 2.50 bits per heavy atom. The molecule has 1 aromatic heterocycles. The first-order chi connectivity index (χ1) is 8.66. The Bertz CT molecular complexity index is 403. The smallest absolute Gasteiger partial charge is 0.225 e. The first-order valence-corrected chi connectivity index (χ1v) is 6.98. The summed E-state index contributed by atoms with van der Waals surface area (Å²) in [5.74, 6) is 1.36. The summed E-state index contributed by atoms with van der Waals surface area (Å²) < 4.78 is 0. The van der Waals surface area contributed by atoms with Crippen LogP contribution in [-0.2, 0) is 4.79 Å². The van der Waals surface area contributed by atoms with Crippen molar-refractivity contribution in [1.29, 1.82) is 0 Å². The van der Waals surface area contributed by atoms with Crippen LogP contribution in [0.25, 0.3) is 0 Å². The minimum absolute atomic E-state index is 0.108. The number of aromatic amines is 1. The molecule has 0 atom stereocenters. The van der Waals surface area contributed by atoms with Crippen LogP contribution in [0.1, 0.15) is 56.2 Å². The standard InChI is InChI=1S/C14H23N3O/c1-10-11(2)16-17-14(10)15-13(18)9-12-7-5-3-4-6-8-12/h12H,3-9H2,1-2H3,(H2,15,16,17,18). The van der Waals surface area contributed by atoms with E-state index in [1.54, 1.807) is 0 Å². The van der Waals surface area contributed by atoms with Crippen molar-refractivity contribution in [3.63, 3.8) is 0 Å². The number of rotatable bonds is 3. The number of carbonyl (C=O) groups excluding carboxylic acids is 1. The van der Waals surface area contributed by atoms with E-state index in [0.29, 0.717) is 18.2 Å². The van der Waals surface area contributed by atoms with E-state index in [2.05, 4.69) is 15.5 Å². The molecule has 1 aliphatic carbocycles. The van der Waals surface area contributed by atoms with Crippen LogP contribution in [0, 0.1) is 19.8 Å². The molecule has 0 unspecified atom stereocenters. The van der Waals surface area contributed by atoms with Crippen molar-refractivity contribution in [3.8, 4) is 0 Å². The minimum atomic E-state index is 0.108. The molecule has 0 aliphatic heterocycles. The van der Waals surface area contributed by atoms with Gasteiger partial charge in [0, 0.05) is 17.7 Å². The SMILES string of the molecule is Cc1[nH]nc(NC(=O)CC2CCCCCC2)c1C. The zero-order valence-electron chi connectivity index (χ0n) is 11.4. The first kappa shape index (κ1) is 13.1. The average molecular weight is 249 g/mol. The third-order valence-electron chi connectivity index (χ3n) is 3.96. The molecule has 1 amide bonds. The number of aryl methyl sites for hydroxylation is 1. The number of hydrogen-bond donors (Lipinski definition) is 2. The van der Waals surface area contributed by atoms with Crippen LogP contribution in [0.3, 0.4) is 0 Å². The van der Waals surface area contributed by atoms with Gasteiger partial charge >= 0.3 is 0 Å². The molecule has 1 saturated carbocycles. The van der Waals surface area contributed by atoms with E-state index in [4.69, 9.17) is 0 Å². The molecule has 100 valence electrons. The number of anilines is 1. The quantitative estimate of drug-likeness (QED) is 0.807. The maximum absolute atomic E-state index is 12.0. The van der Waals surface area contributed by atoms with Gasteiger partial charge in [-0.25, -0.2) is 0 Å². The number of carbonyl (C=O) groups is 1. The average Bonchev–Trinajstić information content (AvgIpc) is 2.60. The molecular weight excluding hydrogens is 226 g/mol. The van der Waals surface area contributed by atoms with Crippen molar-refractivity contribution in [1.82, 2.24) is 10.2 Å². The lowest BCUT2D eigenvalue weighted by Crippen LogP contribution is -2.17. The van der Waals surface area contributed by atoms with E-state index in [1.165, 1.54) is 38.5 Å². The Morgan fingerprint density at radius 2 is 1.94 bits per heavy atom.